The maximum absolute atomic E-state index is 5.47. The van der Waals surface area contributed by atoms with Crippen molar-refractivity contribution in [2.75, 3.05) is 7.11 Å². The Morgan fingerprint density at radius 1 is 1.25 bits per heavy atom. The van der Waals surface area contributed by atoms with E-state index >= 15 is 0 Å². The maximum Gasteiger partial charge on any atom is 0.123 e. The molecule has 0 atom stereocenters. The van der Waals surface area contributed by atoms with Crippen LogP contribution in [0.25, 0.3) is 0 Å². The first-order valence-corrected chi connectivity index (χ1v) is 8.53. The molecule has 2 nitrogen and oxygen atoms in total. The van der Waals surface area contributed by atoms with Crippen LogP contribution in [0.15, 0.2) is 40.2 Å². The van der Waals surface area contributed by atoms with Crippen LogP contribution in [0.5, 0.6) is 5.75 Å². The number of hydrogen-bond donors (Lipinski definition) is 0. The van der Waals surface area contributed by atoms with E-state index in [1.165, 1.54) is 27.8 Å². The van der Waals surface area contributed by atoms with E-state index in [0.29, 0.717) is 0 Å². The average molecular weight is 352 g/mol. The molecule has 1 aliphatic carbocycles. The molecule has 1 aromatic carbocycles. The van der Waals surface area contributed by atoms with Gasteiger partial charge in [0.15, 0.2) is 0 Å². The lowest BCUT2D eigenvalue weighted by Crippen LogP contribution is -2.25. The molecule has 0 N–H and O–H groups in total. The third-order valence-electron chi connectivity index (χ3n) is 3.67. The van der Waals surface area contributed by atoms with Gasteiger partial charge >= 0.3 is 0 Å². The molecule has 2 aromatic rings. The van der Waals surface area contributed by atoms with Crippen molar-refractivity contribution in [3.05, 3.63) is 50.6 Å². The molecule has 0 saturated heterocycles. The second-order valence-corrected chi connectivity index (χ2v) is 6.99. The van der Waals surface area contributed by atoms with Crippen molar-refractivity contribution >= 4 is 27.3 Å². The van der Waals surface area contributed by atoms with E-state index in [9.17, 15) is 0 Å². The third kappa shape index (κ3) is 3.25. The molecule has 1 aliphatic rings. The second kappa shape index (κ2) is 6.29. The van der Waals surface area contributed by atoms with Gasteiger partial charge in [-0.15, -0.1) is 11.3 Å². The SMILES string of the molecule is COc1ccccc1CN(Cc1sccc1Br)C1CC1. The predicted molar refractivity (Wildman–Crippen MR) is 87.3 cm³/mol. The van der Waals surface area contributed by atoms with Crippen LogP contribution in [0.2, 0.25) is 0 Å². The van der Waals surface area contributed by atoms with Crippen LogP contribution in [0.3, 0.4) is 0 Å². The summed E-state index contributed by atoms with van der Waals surface area (Å²) in [4.78, 5) is 3.97. The van der Waals surface area contributed by atoms with Crippen LogP contribution in [-0.2, 0) is 13.1 Å². The average Bonchev–Trinajstić information content (AvgIpc) is 3.24. The van der Waals surface area contributed by atoms with Crippen LogP contribution in [0.4, 0.5) is 0 Å². The van der Waals surface area contributed by atoms with Crippen molar-refractivity contribution in [1.82, 2.24) is 4.90 Å². The first-order valence-electron chi connectivity index (χ1n) is 6.85. The van der Waals surface area contributed by atoms with Gasteiger partial charge in [-0.05, 0) is 46.3 Å². The van der Waals surface area contributed by atoms with E-state index in [-0.39, 0.29) is 0 Å². The normalized spacial score (nSPS) is 14.8. The van der Waals surface area contributed by atoms with Gasteiger partial charge in [0.1, 0.15) is 5.75 Å². The summed E-state index contributed by atoms with van der Waals surface area (Å²) >= 11 is 5.46. The minimum absolute atomic E-state index is 0.730. The number of halogens is 1. The van der Waals surface area contributed by atoms with E-state index in [0.717, 1.165) is 24.9 Å². The van der Waals surface area contributed by atoms with Gasteiger partial charge in [-0.25, -0.2) is 0 Å². The van der Waals surface area contributed by atoms with E-state index in [1.807, 2.05) is 23.5 Å². The number of hydrogen-bond acceptors (Lipinski definition) is 3. The van der Waals surface area contributed by atoms with Crippen molar-refractivity contribution in [1.29, 1.82) is 0 Å². The van der Waals surface area contributed by atoms with E-state index < -0.39 is 0 Å². The lowest BCUT2D eigenvalue weighted by molar-refractivity contribution is 0.243. The molecule has 0 aliphatic heterocycles. The maximum atomic E-state index is 5.47. The second-order valence-electron chi connectivity index (χ2n) is 5.14. The Kier molecular flexibility index (Phi) is 4.44. The molecular weight excluding hydrogens is 334 g/mol. The number of nitrogens with zero attached hydrogens (tertiary/aromatic N) is 1. The van der Waals surface area contributed by atoms with Crippen molar-refractivity contribution in [3.63, 3.8) is 0 Å². The zero-order valence-electron chi connectivity index (χ0n) is 11.5. The summed E-state index contributed by atoms with van der Waals surface area (Å²) in [6.45, 7) is 1.97. The van der Waals surface area contributed by atoms with Crippen LogP contribution >= 0.6 is 27.3 Å². The first kappa shape index (κ1) is 14.1. The van der Waals surface area contributed by atoms with Crippen molar-refractivity contribution in [2.45, 2.75) is 32.0 Å². The number of methoxy groups -OCH3 is 1. The highest BCUT2D eigenvalue weighted by Crippen LogP contribution is 2.34. The lowest BCUT2D eigenvalue weighted by atomic mass is 10.2. The van der Waals surface area contributed by atoms with Crippen LogP contribution in [0.1, 0.15) is 23.3 Å². The van der Waals surface area contributed by atoms with Crippen LogP contribution in [-0.4, -0.2) is 18.1 Å². The number of ether oxygens (including phenoxy) is 1. The van der Waals surface area contributed by atoms with Gasteiger partial charge in [0, 0.05) is 34.0 Å². The molecule has 4 heteroatoms. The quantitative estimate of drug-likeness (QED) is 0.748. The fourth-order valence-electron chi connectivity index (χ4n) is 2.43. The Hall–Kier alpha value is -0.840. The Bertz CT molecular complexity index is 579. The van der Waals surface area contributed by atoms with Gasteiger partial charge in [-0.2, -0.15) is 0 Å². The molecule has 0 unspecified atom stereocenters. The molecule has 1 fully saturated rings. The number of rotatable bonds is 6. The molecule has 1 aromatic heterocycles. The van der Waals surface area contributed by atoms with Crippen molar-refractivity contribution < 1.29 is 4.74 Å². The Morgan fingerprint density at radius 3 is 2.70 bits per heavy atom. The third-order valence-corrected chi connectivity index (χ3v) is 5.58. The monoisotopic (exact) mass is 351 g/mol. The summed E-state index contributed by atoms with van der Waals surface area (Å²) in [5.41, 5.74) is 1.27. The molecule has 1 heterocycles. The van der Waals surface area contributed by atoms with Crippen molar-refractivity contribution in [3.8, 4) is 5.75 Å². The van der Waals surface area contributed by atoms with Crippen LogP contribution in [0, 0.1) is 0 Å². The standard InChI is InChI=1S/C16H18BrNOS/c1-19-15-5-3-2-4-12(15)10-18(13-6-7-13)11-16-14(17)8-9-20-16/h2-5,8-9,13H,6-7,10-11H2,1H3. The van der Waals surface area contributed by atoms with E-state index in [2.05, 4.69) is 44.4 Å². The molecule has 0 bridgehead atoms. The zero-order chi connectivity index (χ0) is 13.9. The minimum Gasteiger partial charge on any atom is -0.496 e. The summed E-state index contributed by atoms with van der Waals surface area (Å²) in [7, 11) is 1.75. The van der Waals surface area contributed by atoms with Gasteiger partial charge in [0.25, 0.3) is 0 Å². The van der Waals surface area contributed by atoms with Crippen molar-refractivity contribution in [2.24, 2.45) is 0 Å². The Labute approximate surface area is 132 Å². The number of para-hydroxylation sites is 1. The largest absolute Gasteiger partial charge is 0.496 e. The summed E-state index contributed by atoms with van der Waals surface area (Å²) in [5.74, 6) is 0.989. The summed E-state index contributed by atoms with van der Waals surface area (Å²) in [5, 5.41) is 2.15. The van der Waals surface area contributed by atoms with Gasteiger partial charge in [0.05, 0.1) is 7.11 Å². The first-order chi connectivity index (χ1) is 9.78. The summed E-state index contributed by atoms with van der Waals surface area (Å²) in [6, 6.07) is 11.2. The summed E-state index contributed by atoms with van der Waals surface area (Å²) in [6.07, 6.45) is 2.64. The molecule has 3 rings (SSSR count). The minimum atomic E-state index is 0.730. The Morgan fingerprint density at radius 2 is 2.05 bits per heavy atom. The summed E-state index contributed by atoms with van der Waals surface area (Å²) < 4.78 is 6.70. The van der Waals surface area contributed by atoms with Gasteiger partial charge in [-0.1, -0.05) is 18.2 Å². The number of thiophene rings is 1. The van der Waals surface area contributed by atoms with Gasteiger partial charge < -0.3 is 4.74 Å². The molecule has 0 radical (unpaired) electrons. The Balaban J connectivity index is 1.76. The van der Waals surface area contributed by atoms with Gasteiger partial charge in [-0.3, -0.25) is 4.90 Å². The van der Waals surface area contributed by atoms with Crippen LogP contribution < -0.4 is 4.74 Å². The topological polar surface area (TPSA) is 12.5 Å². The highest BCUT2D eigenvalue weighted by molar-refractivity contribution is 9.10. The van der Waals surface area contributed by atoms with E-state index in [1.54, 1.807) is 7.11 Å². The fourth-order valence-corrected chi connectivity index (χ4v) is 3.93. The molecule has 20 heavy (non-hydrogen) atoms. The zero-order valence-corrected chi connectivity index (χ0v) is 13.9. The molecule has 1 saturated carbocycles. The van der Waals surface area contributed by atoms with Gasteiger partial charge in [0.2, 0.25) is 0 Å². The fraction of sp³-hybridized carbons (Fsp3) is 0.375. The predicted octanol–water partition coefficient (Wildman–Crippen LogP) is 4.68. The highest BCUT2D eigenvalue weighted by atomic mass is 79.9. The molecule has 0 spiro atoms. The van der Waals surface area contributed by atoms with E-state index in [4.69, 9.17) is 4.74 Å². The molecule has 0 amide bonds. The highest BCUT2D eigenvalue weighted by Gasteiger charge is 2.30. The smallest absolute Gasteiger partial charge is 0.123 e. The number of benzene rings is 1. The molecular formula is C16H18BrNOS. The lowest BCUT2D eigenvalue weighted by Gasteiger charge is -2.22. The molecule has 106 valence electrons.